The molecule has 2 aliphatic carbocycles. The third kappa shape index (κ3) is 5.21. The normalized spacial score (nSPS) is 30.9. The second-order valence-corrected chi connectivity index (χ2v) is 11.1. The summed E-state index contributed by atoms with van der Waals surface area (Å²) in [6.07, 6.45) is 6.15. The molecule has 8 heteroatoms. The highest BCUT2D eigenvalue weighted by Crippen LogP contribution is 2.36. The van der Waals surface area contributed by atoms with Gasteiger partial charge in [0, 0.05) is 49.8 Å². The summed E-state index contributed by atoms with van der Waals surface area (Å²) in [5.74, 6) is -2.45. The minimum absolute atomic E-state index is 0.0534. The summed E-state index contributed by atoms with van der Waals surface area (Å²) in [4.78, 5) is 27.2. The molecule has 1 saturated heterocycles. The lowest BCUT2D eigenvalue weighted by molar-refractivity contribution is -0.126. The van der Waals surface area contributed by atoms with Gasteiger partial charge in [0.2, 0.25) is 11.8 Å². The van der Waals surface area contributed by atoms with Crippen LogP contribution in [0.5, 0.6) is 0 Å². The van der Waals surface area contributed by atoms with Crippen LogP contribution in [0.1, 0.15) is 79.3 Å². The maximum atomic E-state index is 13.7. The van der Waals surface area contributed by atoms with Crippen LogP contribution in [0.4, 0.5) is 8.78 Å². The molecular formula is C28H37F2N3O3. The molecule has 4 atom stereocenters. The number of allylic oxidation sites excluding steroid dienone is 1. The van der Waals surface area contributed by atoms with E-state index in [1.807, 2.05) is 12.1 Å². The number of hydrogen-bond donors (Lipinski definition) is 2. The summed E-state index contributed by atoms with van der Waals surface area (Å²) < 4.78 is 33.2. The van der Waals surface area contributed by atoms with Crippen molar-refractivity contribution < 1.29 is 23.1 Å². The number of nitrogens with zero attached hydrogens (tertiary/aromatic N) is 1. The van der Waals surface area contributed by atoms with E-state index in [9.17, 15) is 18.4 Å². The topological polar surface area (TPSA) is 70.7 Å². The van der Waals surface area contributed by atoms with Gasteiger partial charge in [0.15, 0.2) is 0 Å². The molecule has 3 fully saturated rings. The molecule has 4 aliphatic rings. The Labute approximate surface area is 211 Å². The van der Waals surface area contributed by atoms with Crippen molar-refractivity contribution in [2.24, 2.45) is 5.92 Å². The highest BCUT2D eigenvalue weighted by Gasteiger charge is 2.40. The predicted molar refractivity (Wildman–Crippen MR) is 133 cm³/mol. The molecule has 2 N–H and O–H groups in total. The monoisotopic (exact) mass is 501 g/mol. The van der Waals surface area contributed by atoms with Crippen LogP contribution in [0.25, 0.3) is 0 Å². The van der Waals surface area contributed by atoms with Crippen molar-refractivity contribution in [2.45, 2.75) is 101 Å². The standard InChI is InChI=1S/C28H37F2N3O3/c1-17-6-9-23(26(34)31-17)33-16-20-15-18(7-8-22(20)27(33)35)14-19-4-3-5-24(36-2)25(19)32-21-10-12-28(29,30)13-11-21/h7-8,15,19,21,23-25,32H,1,3-6,9-14,16H2,2H3,(H,31,34)/t19-,23?,24-,25-/m1/s1. The molecule has 0 spiro atoms. The van der Waals surface area contributed by atoms with Crippen LogP contribution in [0.3, 0.4) is 0 Å². The van der Waals surface area contributed by atoms with Crippen LogP contribution < -0.4 is 10.6 Å². The number of carbonyl (C=O) groups is 2. The number of fused-ring (bicyclic) bond motifs is 1. The van der Waals surface area contributed by atoms with E-state index in [4.69, 9.17) is 4.74 Å². The Balaban J connectivity index is 1.28. The van der Waals surface area contributed by atoms with Crippen molar-refractivity contribution in [3.63, 3.8) is 0 Å². The van der Waals surface area contributed by atoms with Gasteiger partial charge >= 0.3 is 0 Å². The number of amides is 2. The largest absolute Gasteiger partial charge is 0.380 e. The van der Waals surface area contributed by atoms with E-state index in [0.29, 0.717) is 49.4 Å². The van der Waals surface area contributed by atoms with Crippen molar-refractivity contribution in [2.75, 3.05) is 7.11 Å². The summed E-state index contributed by atoms with van der Waals surface area (Å²) in [6.45, 7) is 4.27. The first kappa shape index (κ1) is 25.3. The van der Waals surface area contributed by atoms with E-state index >= 15 is 0 Å². The summed E-state index contributed by atoms with van der Waals surface area (Å²) >= 11 is 0. The molecular weight excluding hydrogens is 464 g/mol. The van der Waals surface area contributed by atoms with Crippen LogP contribution in [0.15, 0.2) is 30.5 Å². The van der Waals surface area contributed by atoms with Crippen LogP contribution in [-0.4, -0.2) is 54.0 Å². The van der Waals surface area contributed by atoms with Gasteiger partial charge in [0.25, 0.3) is 5.91 Å². The number of methoxy groups -OCH3 is 1. The lowest BCUT2D eigenvalue weighted by atomic mass is 9.77. The molecule has 0 aromatic heterocycles. The lowest BCUT2D eigenvalue weighted by Crippen LogP contribution is -2.54. The molecule has 2 amide bonds. The van der Waals surface area contributed by atoms with E-state index < -0.39 is 12.0 Å². The van der Waals surface area contributed by atoms with Crippen molar-refractivity contribution in [1.82, 2.24) is 15.5 Å². The predicted octanol–water partition coefficient (Wildman–Crippen LogP) is 4.33. The molecule has 0 radical (unpaired) electrons. The number of ether oxygens (including phenoxy) is 1. The number of halogens is 2. The second kappa shape index (κ2) is 10.2. The molecule has 2 heterocycles. The average Bonchev–Trinajstić information content (AvgIpc) is 3.16. The van der Waals surface area contributed by atoms with Gasteiger partial charge in [0.05, 0.1) is 6.10 Å². The first-order valence-electron chi connectivity index (χ1n) is 13.3. The third-order valence-electron chi connectivity index (χ3n) is 8.62. The summed E-state index contributed by atoms with van der Waals surface area (Å²) in [5.41, 5.74) is 3.50. The zero-order chi connectivity index (χ0) is 25.4. The van der Waals surface area contributed by atoms with Gasteiger partial charge in [-0.25, -0.2) is 8.78 Å². The molecule has 196 valence electrons. The van der Waals surface area contributed by atoms with Gasteiger partial charge in [-0.1, -0.05) is 25.1 Å². The highest BCUT2D eigenvalue weighted by molar-refractivity contribution is 6.01. The van der Waals surface area contributed by atoms with E-state index in [0.717, 1.165) is 36.8 Å². The van der Waals surface area contributed by atoms with Crippen LogP contribution in [0, 0.1) is 5.92 Å². The first-order valence-corrected chi connectivity index (χ1v) is 13.3. The number of benzene rings is 1. The maximum Gasteiger partial charge on any atom is 0.255 e. The maximum absolute atomic E-state index is 13.7. The Hall–Kier alpha value is -2.32. The number of piperidine rings is 1. The molecule has 6 nitrogen and oxygen atoms in total. The first-order chi connectivity index (χ1) is 17.2. The van der Waals surface area contributed by atoms with Crippen LogP contribution in [0.2, 0.25) is 0 Å². The SMILES string of the molecule is C=C1CCC(N2Cc3cc(C[C@H]4CCC[C@@H](OC)[C@@H]4NC4CCC(F)(F)CC4)ccc3C2=O)C(=O)N1. The van der Waals surface area contributed by atoms with Gasteiger partial charge in [-0.3, -0.25) is 9.59 Å². The molecule has 0 bridgehead atoms. The molecule has 1 aromatic carbocycles. The second-order valence-electron chi connectivity index (χ2n) is 11.1. The van der Waals surface area contributed by atoms with Gasteiger partial charge in [-0.15, -0.1) is 0 Å². The number of alkyl halides is 2. The van der Waals surface area contributed by atoms with E-state index in [2.05, 4.69) is 23.3 Å². The minimum Gasteiger partial charge on any atom is -0.380 e. The summed E-state index contributed by atoms with van der Waals surface area (Å²) in [5, 5.41) is 6.50. The fourth-order valence-corrected chi connectivity index (χ4v) is 6.60. The fraction of sp³-hybridized carbons (Fsp3) is 0.643. The molecule has 36 heavy (non-hydrogen) atoms. The number of hydrogen-bond acceptors (Lipinski definition) is 4. The van der Waals surface area contributed by atoms with Crippen LogP contribution in [-0.2, 0) is 22.5 Å². The van der Waals surface area contributed by atoms with Gasteiger partial charge in [-0.05, 0) is 68.1 Å². The zero-order valence-electron chi connectivity index (χ0n) is 21.0. The van der Waals surface area contributed by atoms with Crippen molar-refractivity contribution in [3.05, 3.63) is 47.2 Å². The fourth-order valence-electron chi connectivity index (χ4n) is 6.60. The third-order valence-corrected chi connectivity index (χ3v) is 8.62. The molecule has 2 aliphatic heterocycles. The van der Waals surface area contributed by atoms with E-state index in [1.165, 1.54) is 0 Å². The van der Waals surface area contributed by atoms with Crippen molar-refractivity contribution in [3.8, 4) is 0 Å². The summed E-state index contributed by atoms with van der Waals surface area (Å²) in [6, 6.07) is 5.78. The van der Waals surface area contributed by atoms with Crippen molar-refractivity contribution >= 4 is 11.8 Å². The Kier molecular flexibility index (Phi) is 7.18. The smallest absolute Gasteiger partial charge is 0.255 e. The quantitative estimate of drug-likeness (QED) is 0.609. The van der Waals surface area contributed by atoms with E-state index in [1.54, 1.807) is 12.0 Å². The number of rotatable bonds is 6. The molecule has 5 rings (SSSR count). The Morgan fingerprint density at radius 2 is 1.94 bits per heavy atom. The van der Waals surface area contributed by atoms with Gasteiger partial charge in [0.1, 0.15) is 6.04 Å². The lowest BCUT2D eigenvalue weighted by Gasteiger charge is -2.41. The highest BCUT2D eigenvalue weighted by atomic mass is 19.3. The summed E-state index contributed by atoms with van der Waals surface area (Å²) in [7, 11) is 1.74. The van der Waals surface area contributed by atoms with Crippen LogP contribution >= 0.6 is 0 Å². The van der Waals surface area contributed by atoms with Crippen molar-refractivity contribution in [1.29, 1.82) is 0 Å². The minimum atomic E-state index is -2.53. The van der Waals surface area contributed by atoms with E-state index in [-0.39, 0.29) is 42.8 Å². The zero-order valence-corrected chi connectivity index (χ0v) is 21.0. The Bertz CT molecular complexity index is 1020. The number of nitrogens with one attached hydrogen (secondary N) is 2. The molecule has 1 aromatic rings. The van der Waals surface area contributed by atoms with Gasteiger partial charge < -0.3 is 20.3 Å². The van der Waals surface area contributed by atoms with Gasteiger partial charge in [-0.2, -0.15) is 0 Å². The Morgan fingerprint density at radius 1 is 1.17 bits per heavy atom. The average molecular weight is 502 g/mol. The molecule has 1 unspecified atom stereocenters. The Morgan fingerprint density at radius 3 is 2.67 bits per heavy atom. The molecule has 2 saturated carbocycles. The number of carbonyl (C=O) groups excluding carboxylic acids is 2.